The number of aromatic nitrogens is 2. The van der Waals surface area contributed by atoms with Gasteiger partial charge in [0.05, 0.1) is 0 Å². The van der Waals surface area contributed by atoms with Crippen LogP contribution < -0.4 is 10.6 Å². The minimum atomic E-state index is -0.224. The van der Waals surface area contributed by atoms with Crippen molar-refractivity contribution in [3.8, 4) is 0 Å². The molecule has 3 rings (SSSR count). The Morgan fingerprint density at radius 1 is 1.04 bits per heavy atom. The molecule has 0 radical (unpaired) electrons. The number of anilines is 2. The van der Waals surface area contributed by atoms with Crippen LogP contribution in [0.3, 0.4) is 0 Å². The highest BCUT2D eigenvalue weighted by Gasteiger charge is 2.09. The van der Waals surface area contributed by atoms with Gasteiger partial charge >= 0.3 is 0 Å². The molecule has 0 bridgehead atoms. The van der Waals surface area contributed by atoms with E-state index in [0.717, 1.165) is 22.4 Å². The molecule has 0 saturated heterocycles. The zero-order valence-electron chi connectivity index (χ0n) is 14.3. The fourth-order valence-electron chi connectivity index (χ4n) is 2.47. The fourth-order valence-corrected chi connectivity index (χ4v) is 2.47. The average Bonchev–Trinajstić information content (AvgIpc) is 2.61. The molecule has 2 aromatic carbocycles. The van der Waals surface area contributed by atoms with Gasteiger partial charge in [-0.05, 0) is 48.7 Å². The Bertz CT molecular complexity index is 892. The van der Waals surface area contributed by atoms with E-state index in [0.29, 0.717) is 18.2 Å². The van der Waals surface area contributed by atoms with Crippen LogP contribution >= 0.6 is 0 Å². The molecular weight excluding hydrogens is 312 g/mol. The molecule has 1 heterocycles. The molecular formula is C20H20N4O. The standard InChI is InChI=1S/C20H20N4O/c1-14-6-5-9-17(12-14)23-20-21-11-10-18(24-20)19(25)22-13-16-8-4-3-7-15(16)2/h3-12H,13H2,1-2H3,(H,22,25)(H,21,23,24). The molecule has 126 valence electrons. The van der Waals surface area contributed by atoms with Crippen molar-refractivity contribution in [1.29, 1.82) is 0 Å². The van der Waals surface area contributed by atoms with Crippen LogP contribution in [0.1, 0.15) is 27.2 Å². The Morgan fingerprint density at radius 3 is 2.68 bits per heavy atom. The van der Waals surface area contributed by atoms with E-state index in [1.54, 1.807) is 12.3 Å². The fraction of sp³-hybridized carbons (Fsp3) is 0.150. The number of carbonyl (C=O) groups is 1. The third kappa shape index (κ3) is 4.41. The van der Waals surface area contributed by atoms with Gasteiger partial charge in [0.15, 0.2) is 0 Å². The van der Waals surface area contributed by atoms with Crippen molar-refractivity contribution in [3.05, 3.63) is 83.2 Å². The first kappa shape index (κ1) is 16.6. The smallest absolute Gasteiger partial charge is 0.270 e. The number of carbonyl (C=O) groups excluding carboxylic acids is 1. The van der Waals surface area contributed by atoms with Crippen molar-refractivity contribution in [1.82, 2.24) is 15.3 Å². The lowest BCUT2D eigenvalue weighted by Gasteiger charge is -2.09. The van der Waals surface area contributed by atoms with Crippen molar-refractivity contribution >= 4 is 17.5 Å². The molecule has 0 spiro atoms. The molecule has 5 heteroatoms. The number of hydrogen-bond acceptors (Lipinski definition) is 4. The molecule has 25 heavy (non-hydrogen) atoms. The Labute approximate surface area is 147 Å². The zero-order valence-corrected chi connectivity index (χ0v) is 14.3. The maximum atomic E-state index is 12.4. The monoisotopic (exact) mass is 332 g/mol. The minimum absolute atomic E-state index is 0.224. The van der Waals surface area contributed by atoms with Gasteiger partial charge in [-0.15, -0.1) is 0 Å². The van der Waals surface area contributed by atoms with Crippen LogP contribution in [-0.4, -0.2) is 15.9 Å². The summed E-state index contributed by atoms with van der Waals surface area (Å²) in [7, 11) is 0. The molecule has 0 aliphatic heterocycles. The van der Waals surface area contributed by atoms with Gasteiger partial charge in [-0.2, -0.15) is 0 Å². The summed E-state index contributed by atoms with van der Waals surface area (Å²) in [4.78, 5) is 20.8. The first-order valence-electron chi connectivity index (χ1n) is 8.11. The maximum Gasteiger partial charge on any atom is 0.270 e. The highest BCUT2D eigenvalue weighted by Crippen LogP contribution is 2.14. The van der Waals surface area contributed by atoms with E-state index in [2.05, 4.69) is 20.6 Å². The molecule has 0 aliphatic carbocycles. The average molecular weight is 332 g/mol. The Morgan fingerprint density at radius 2 is 1.88 bits per heavy atom. The highest BCUT2D eigenvalue weighted by atomic mass is 16.1. The summed E-state index contributed by atoms with van der Waals surface area (Å²) in [6, 6.07) is 17.5. The van der Waals surface area contributed by atoms with E-state index < -0.39 is 0 Å². The van der Waals surface area contributed by atoms with Crippen LogP contribution in [0.5, 0.6) is 0 Å². The van der Waals surface area contributed by atoms with Gasteiger partial charge in [0.1, 0.15) is 5.69 Å². The van der Waals surface area contributed by atoms with Crippen molar-refractivity contribution < 1.29 is 4.79 Å². The molecule has 0 aliphatic rings. The van der Waals surface area contributed by atoms with Crippen molar-refractivity contribution in [2.75, 3.05) is 5.32 Å². The molecule has 0 atom stereocenters. The van der Waals surface area contributed by atoms with Crippen molar-refractivity contribution in [2.24, 2.45) is 0 Å². The lowest BCUT2D eigenvalue weighted by Crippen LogP contribution is -2.24. The molecule has 3 aromatic rings. The van der Waals surface area contributed by atoms with Crippen molar-refractivity contribution in [2.45, 2.75) is 20.4 Å². The van der Waals surface area contributed by atoms with Gasteiger partial charge in [-0.3, -0.25) is 4.79 Å². The first-order chi connectivity index (χ1) is 12.1. The number of rotatable bonds is 5. The maximum absolute atomic E-state index is 12.4. The van der Waals surface area contributed by atoms with E-state index in [9.17, 15) is 4.79 Å². The summed E-state index contributed by atoms with van der Waals surface area (Å²) in [6.45, 7) is 4.51. The third-order valence-corrected chi connectivity index (χ3v) is 3.86. The van der Waals surface area contributed by atoms with Crippen LogP contribution in [-0.2, 0) is 6.54 Å². The van der Waals surface area contributed by atoms with Crippen LogP contribution in [0.2, 0.25) is 0 Å². The highest BCUT2D eigenvalue weighted by molar-refractivity contribution is 5.92. The van der Waals surface area contributed by atoms with Gasteiger partial charge in [-0.25, -0.2) is 9.97 Å². The molecule has 2 N–H and O–H groups in total. The summed E-state index contributed by atoms with van der Waals surface area (Å²) in [5, 5.41) is 6.02. The third-order valence-electron chi connectivity index (χ3n) is 3.86. The quantitative estimate of drug-likeness (QED) is 0.746. The zero-order chi connectivity index (χ0) is 17.6. The van der Waals surface area contributed by atoms with Gasteiger partial charge in [0, 0.05) is 18.4 Å². The summed E-state index contributed by atoms with van der Waals surface area (Å²) in [5.74, 6) is 0.173. The van der Waals surface area contributed by atoms with Crippen LogP contribution in [0.4, 0.5) is 11.6 Å². The minimum Gasteiger partial charge on any atom is -0.347 e. The number of amides is 1. The molecule has 0 unspecified atom stereocenters. The number of nitrogens with zero attached hydrogens (tertiary/aromatic N) is 2. The molecule has 0 saturated carbocycles. The second-order valence-electron chi connectivity index (χ2n) is 5.87. The van der Waals surface area contributed by atoms with E-state index in [1.165, 1.54) is 0 Å². The number of hydrogen-bond donors (Lipinski definition) is 2. The SMILES string of the molecule is Cc1cccc(Nc2nccc(C(=O)NCc3ccccc3C)n2)c1. The molecule has 1 aromatic heterocycles. The van der Waals surface area contributed by atoms with Crippen LogP contribution in [0, 0.1) is 13.8 Å². The Kier molecular flexibility index (Phi) is 5.04. The van der Waals surface area contributed by atoms with E-state index >= 15 is 0 Å². The van der Waals surface area contributed by atoms with Gasteiger partial charge in [0.2, 0.25) is 5.95 Å². The Balaban J connectivity index is 1.68. The van der Waals surface area contributed by atoms with E-state index in [4.69, 9.17) is 0 Å². The van der Waals surface area contributed by atoms with Crippen LogP contribution in [0.15, 0.2) is 60.8 Å². The van der Waals surface area contributed by atoms with Crippen LogP contribution in [0.25, 0.3) is 0 Å². The van der Waals surface area contributed by atoms with Crippen molar-refractivity contribution in [3.63, 3.8) is 0 Å². The summed E-state index contributed by atoms with van der Waals surface area (Å²) >= 11 is 0. The largest absolute Gasteiger partial charge is 0.347 e. The lowest BCUT2D eigenvalue weighted by molar-refractivity contribution is 0.0946. The van der Waals surface area contributed by atoms with Gasteiger partial charge < -0.3 is 10.6 Å². The molecule has 5 nitrogen and oxygen atoms in total. The summed E-state index contributed by atoms with van der Waals surface area (Å²) in [5.41, 5.74) is 4.59. The normalized spacial score (nSPS) is 10.3. The number of aryl methyl sites for hydroxylation is 2. The predicted molar refractivity (Wildman–Crippen MR) is 98.8 cm³/mol. The summed E-state index contributed by atoms with van der Waals surface area (Å²) < 4.78 is 0. The van der Waals surface area contributed by atoms with E-state index in [-0.39, 0.29) is 5.91 Å². The molecule has 1 amide bonds. The van der Waals surface area contributed by atoms with E-state index in [1.807, 2.05) is 62.4 Å². The topological polar surface area (TPSA) is 66.9 Å². The second-order valence-corrected chi connectivity index (χ2v) is 5.87. The number of benzene rings is 2. The first-order valence-corrected chi connectivity index (χ1v) is 8.11. The lowest BCUT2D eigenvalue weighted by atomic mass is 10.1. The summed E-state index contributed by atoms with van der Waals surface area (Å²) in [6.07, 6.45) is 1.58. The number of nitrogens with one attached hydrogen (secondary N) is 2. The molecule has 0 fully saturated rings. The predicted octanol–water partition coefficient (Wildman–Crippen LogP) is 3.77. The van der Waals surface area contributed by atoms with Gasteiger partial charge in [0.25, 0.3) is 5.91 Å². The Hall–Kier alpha value is -3.21. The second kappa shape index (κ2) is 7.57. The van der Waals surface area contributed by atoms with Gasteiger partial charge in [-0.1, -0.05) is 36.4 Å².